The molecule has 0 unspecified atom stereocenters. The molecule has 0 aliphatic rings. The first-order chi connectivity index (χ1) is 6.86. The Morgan fingerprint density at radius 3 is 2.93 bits per heavy atom. The van der Waals surface area contributed by atoms with E-state index in [1.165, 1.54) is 21.2 Å². The SMILES string of the molecule is CNCc1csc2cccc(CN)c12. The van der Waals surface area contributed by atoms with E-state index in [1.807, 2.05) is 7.05 Å². The molecule has 0 saturated heterocycles. The van der Waals surface area contributed by atoms with Crippen molar-refractivity contribution in [3.63, 3.8) is 0 Å². The van der Waals surface area contributed by atoms with Crippen molar-refractivity contribution >= 4 is 21.4 Å². The minimum Gasteiger partial charge on any atom is -0.326 e. The van der Waals surface area contributed by atoms with Crippen molar-refractivity contribution in [1.29, 1.82) is 0 Å². The van der Waals surface area contributed by atoms with Crippen LogP contribution >= 0.6 is 11.3 Å². The Labute approximate surface area is 87.7 Å². The topological polar surface area (TPSA) is 38.0 Å². The minimum absolute atomic E-state index is 0.616. The van der Waals surface area contributed by atoms with Gasteiger partial charge in [-0.05, 0) is 29.6 Å². The van der Waals surface area contributed by atoms with Gasteiger partial charge in [-0.2, -0.15) is 0 Å². The fraction of sp³-hybridized carbons (Fsp3) is 0.273. The number of rotatable bonds is 3. The summed E-state index contributed by atoms with van der Waals surface area (Å²) in [5.74, 6) is 0. The van der Waals surface area contributed by atoms with Crippen LogP contribution in [-0.4, -0.2) is 7.05 Å². The Morgan fingerprint density at radius 1 is 1.36 bits per heavy atom. The zero-order valence-electron chi connectivity index (χ0n) is 8.21. The summed E-state index contributed by atoms with van der Waals surface area (Å²) in [6.45, 7) is 1.53. The number of nitrogens with two attached hydrogens (primary N) is 1. The first-order valence-corrected chi connectivity index (χ1v) is 5.57. The molecular weight excluding hydrogens is 192 g/mol. The molecule has 0 aliphatic heterocycles. The van der Waals surface area contributed by atoms with Crippen LogP contribution < -0.4 is 11.1 Å². The van der Waals surface area contributed by atoms with Gasteiger partial charge in [0.25, 0.3) is 0 Å². The van der Waals surface area contributed by atoms with Crippen LogP contribution in [0.4, 0.5) is 0 Å². The quantitative estimate of drug-likeness (QED) is 0.807. The molecule has 0 spiro atoms. The van der Waals surface area contributed by atoms with Crippen LogP contribution in [0.5, 0.6) is 0 Å². The average molecular weight is 206 g/mol. The second-order valence-electron chi connectivity index (χ2n) is 3.29. The van der Waals surface area contributed by atoms with Crippen LogP contribution in [0.1, 0.15) is 11.1 Å². The highest BCUT2D eigenvalue weighted by Crippen LogP contribution is 2.28. The van der Waals surface area contributed by atoms with Gasteiger partial charge < -0.3 is 11.1 Å². The minimum atomic E-state index is 0.616. The van der Waals surface area contributed by atoms with E-state index >= 15 is 0 Å². The molecule has 0 amide bonds. The molecule has 3 N–H and O–H groups in total. The van der Waals surface area contributed by atoms with Gasteiger partial charge in [0.2, 0.25) is 0 Å². The summed E-state index contributed by atoms with van der Waals surface area (Å²) >= 11 is 1.79. The molecule has 2 aromatic rings. The molecule has 0 bridgehead atoms. The van der Waals surface area contributed by atoms with Crippen molar-refractivity contribution in [3.8, 4) is 0 Å². The molecule has 1 aromatic heterocycles. The maximum absolute atomic E-state index is 5.72. The lowest BCUT2D eigenvalue weighted by Gasteiger charge is -2.03. The third kappa shape index (κ3) is 1.54. The van der Waals surface area contributed by atoms with Gasteiger partial charge in [-0.25, -0.2) is 0 Å². The van der Waals surface area contributed by atoms with E-state index in [2.05, 4.69) is 28.9 Å². The fourth-order valence-corrected chi connectivity index (χ4v) is 2.73. The second kappa shape index (κ2) is 4.09. The number of hydrogen-bond acceptors (Lipinski definition) is 3. The van der Waals surface area contributed by atoms with Crippen LogP contribution in [0.25, 0.3) is 10.1 Å². The molecule has 1 heterocycles. The molecule has 3 heteroatoms. The standard InChI is InChI=1S/C11H14N2S/c1-13-6-9-7-14-10-4-2-3-8(5-12)11(9)10/h2-4,7,13H,5-6,12H2,1H3. The summed E-state index contributed by atoms with van der Waals surface area (Å²) in [4.78, 5) is 0. The molecule has 1 aromatic carbocycles. The van der Waals surface area contributed by atoms with E-state index in [-0.39, 0.29) is 0 Å². The van der Waals surface area contributed by atoms with Crippen LogP contribution in [0.2, 0.25) is 0 Å². The van der Waals surface area contributed by atoms with E-state index in [1.54, 1.807) is 11.3 Å². The normalized spacial score (nSPS) is 11.0. The molecule has 0 radical (unpaired) electrons. The van der Waals surface area contributed by atoms with Crippen LogP contribution in [0.3, 0.4) is 0 Å². The highest BCUT2D eigenvalue weighted by molar-refractivity contribution is 7.17. The zero-order valence-corrected chi connectivity index (χ0v) is 9.03. The lowest BCUT2D eigenvalue weighted by Crippen LogP contribution is -2.05. The van der Waals surface area contributed by atoms with Crippen molar-refractivity contribution in [3.05, 3.63) is 34.7 Å². The highest BCUT2D eigenvalue weighted by Gasteiger charge is 2.06. The van der Waals surface area contributed by atoms with Crippen molar-refractivity contribution in [2.24, 2.45) is 5.73 Å². The van der Waals surface area contributed by atoms with E-state index in [0.717, 1.165) is 6.54 Å². The second-order valence-corrected chi connectivity index (χ2v) is 4.20. The van der Waals surface area contributed by atoms with E-state index < -0.39 is 0 Å². The molecule has 0 aliphatic carbocycles. The van der Waals surface area contributed by atoms with Crippen molar-refractivity contribution < 1.29 is 0 Å². The molecule has 14 heavy (non-hydrogen) atoms. The Hall–Kier alpha value is -0.900. The summed E-state index contributed by atoms with van der Waals surface area (Å²) < 4.78 is 1.33. The largest absolute Gasteiger partial charge is 0.326 e. The fourth-order valence-electron chi connectivity index (χ4n) is 1.72. The van der Waals surface area contributed by atoms with Gasteiger partial charge in [0, 0.05) is 23.2 Å². The first kappa shape index (κ1) is 9.65. The van der Waals surface area contributed by atoms with Gasteiger partial charge in [0.1, 0.15) is 0 Å². The average Bonchev–Trinajstić information content (AvgIpc) is 2.62. The number of thiophene rings is 1. The van der Waals surface area contributed by atoms with Gasteiger partial charge in [0.15, 0.2) is 0 Å². The number of nitrogens with one attached hydrogen (secondary N) is 1. The molecular formula is C11H14N2S. The maximum Gasteiger partial charge on any atom is 0.0349 e. The molecule has 2 nitrogen and oxygen atoms in total. The molecule has 0 saturated carbocycles. The van der Waals surface area contributed by atoms with E-state index in [9.17, 15) is 0 Å². The van der Waals surface area contributed by atoms with Crippen molar-refractivity contribution in [1.82, 2.24) is 5.32 Å². The Bertz CT molecular complexity index is 434. The first-order valence-electron chi connectivity index (χ1n) is 4.69. The lowest BCUT2D eigenvalue weighted by molar-refractivity contribution is 0.825. The van der Waals surface area contributed by atoms with Gasteiger partial charge in [-0.15, -0.1) is 11.3 Å². The van der Waals surface area contributed by atoms with Gasteiger partial charge in [-0.1, -0.05) is 12.1 Å². The van der Waals surface area contributed by atoms with Gasteiger partial charge in [-0.3, -0.25) is 0 Å². The van der Waals surface area contributed by atoms with Crippen LogP contribution in [-0.2, 0) is 13.1 Å². The molecule has 0 atom stereocenters. The van der Waals surface area contributed by atoms with Gasteiger partial charge in [0.05, 0.1) is 0 Å². The lowest BCUT2D eigenvalue weighted by atomic mass is 10.1. The number of benzene rings is 1. The molecule has 74 valence electrons. The summed E-state index contributed by atoms with van der Waals surface area (Å²) in [7, 11) is 1.97. The monoisotopic (exact) mass is 206 g/mol. The smallest absolute Gasteiger partial charge is 0.0349 e. The van der Waals surface area contributed by atoms with Crippen molar-refractivity contribution in [2.45, 2.75) is 13.1 Å². The maximum atomic E-state index is 5.72. The van der Waals surface area contributed by atoms with Crippen LogP contribution in [0.15, 0.2) is 23.6 Å². The zero-order chi connectivity index (χ0) is 9.97. The van der Waals surface area contributed by atoms with Crippen molar-refractivity contribution in [2.75, 3.05) is 7.05 Å². The molecule has 2 rings (SSSR count). The third-order valence-corrected chi connectivity index (χ3v) is 3.35. The Kier molecular flexibility index (Phi) is 2.82. The highest BCUT2D eigenvalue weighted by atomic mass is 32.1. The summed E-state index contributed by atoms with van der Waals surface area (Å²) in [6, 6.07) is 6.33. The number of fused-ring (bicyclic) bond motifs is 1. The van der Waals surface area contributed by atoms with Gasteiger partial charge >= 0.3 is 0 Å². The number of hydrogen-bond donors (Lipinski definition) is 2. The predicted octanol–water partition coefficient (Wildman–Crippen LogP) is 2.08. The summed E-state index contributed by atoms with van der Waals surface area (Å²) in [6.07, 6.45) is 0. The summed E-state index contributed by atoms with van der Waals surface area (Å²) in [5.41, 5.74) is 8.32. The predicted molar refractivity (Wildman–Crippen MR) is 62.5 cm³/mol. The Morgan fingerprint density at radius 2 is 2.21 bits per heavy atom. The van der Waals surface area contributed by atoms with E-state index in [4.69, 9.17) is 5.73 Å². The summed E-state index contributed by atoms with van der Waals surface area (Å²) in [5, 5.41) is 6.73. The van der Waals surface area contributed by atoms with E-state index in [0.29, 0.717) is 6.54 Å². The molecule has 0 fully saturated rings. The Balaban J connectivity index is 2.62. The third-order valence-electron chi connectivity index (χ3n) is 2.35. The van der Waals surface area contributed by atoms with Crippen LogP contribution in [0, 0.1) is 0 Å².